The Kier molecular flexibility index (Phi) is 3.12. The number of hydrogen-bond donors (Lipinski definition) is 2. The maximum absolute atomic E-state index is 12.8. The summed E-state index contributed by atoms with van der Waals surface area (Å²) in [6.07, 6.45) is -1.09. The maximum atomic E-state index is 12.8. The summed E-state index contributed by atoms with van der Waals surface area (Å²) in [5.41, 5.74) is 0.263. The van der Waals surface area contributed by atoms with Crippen LogP contribution in [0.5, 0.6) is 0 Å². The second-order valence-electron chi connectivity index (χ2n) is 3.76. The Morgan fingerprint density at radius 1 is 1.39 bits per heavy atom. The molecule has 1 atom stereocenters. The zero-order chi connectivity index (χ0) is 13.3. The number of rotatable bonds is 3. The summed E-state index contributed by atoms with van der Waals surface area (Å²) in [4.78, 5) is 11.2. The van der Waals surface area contributed by atoms with E-state index in [1.807, 2.05) is 0 Å². The van der Waals surface area contributed by atoms with Gasteiger partial charge in [-0.2, -0.15) is 0 Å². The van der Waals surface area contributed by atoms with E-state index >= 15 is 0 Å². The molecule has 0 saturated carbocycles. The Morgan fingerprint density at radius 2 is 2.00 bits per heavy atom. The van der Waals surface area contributed by atoms with Crippen LogP contribution in [0.25, 0.3) is 11.3 Å². The van der Waals surface area contributed by atoms with Crippen LogP contribution < -0.4 is 0 Å². The molecule has 6 heteroatoms. The van der Waals surface area contributed by atoms with Gasteiger partial charge in [0.2, 0.25) is 0 Å². The van der Waals surface area contributed by atoms with E-state index in [0.29, 0.717) is 5.56 Å². The molecular weight excluding hydrogens is 241 g/mol. The van der Waals surface area contributed by atoms with Crippen LogP contribution in [-0.4, -0.2) is 21.3 Å². The van der Waals surface area contributed by atoms with Crippen LogP contribution in [0, 0.1) is 5.82 Å². The molecule has 18 heavy (non-hydrogen) atoms. The van der Waals surface area contributed by atoms with Crippen molar-refractivity contribution in [2.24, 2.45) is 0 Å². The molecule has 1 heterocycles. The fraction of sp³-hybridized carbons (Fsp3) is 0.167. The first kappa shape index (κ1) is 12.3. The number of aromatic carboxylic acids is 1. The first-order valence-electron chi connectivity index (χ1n) is 5.17. The Balaban J connectivity index is 2.58. The summed E-state index contributed by atoms with van der Waals surface area (Å²) in [5, 5.41) is 22.1. The molecular formula is C12H10FNO4. The number of aliphatic hydroxyl groups excluding tert-OH is 1. The summed E-state index contributed by atoms with van der Waals surface area (Å²) in [7, 11) is 0. The molecule has 0 amide bonds. The fourth-order valence-electron chi connectivity index (χ4n) is 1.60. The van der Waals surface area contributed by atoms with Crippen molar-refractivity contribution in [2.45, 2.75) is 13.0 Å². The highest BCUT2D eigenvalue weighted by Crippen LogP contribution is 2.29. The van der Waals surface area contributed by atoms with Crippen molar-refractivity contribution in [3.63, 3.8) is 0 Å². The highest BCUT2D eigenvalue weighted by Gasteiger charge is 2.26. The first-order valence-corrected chi connectivity index (χ1v) is 5.17. The quantitative estimate of drug-likeness (QED) is 0.873. The van der Waals surface area contributed by atoms with E-state index in [-0.39, 0.29) is 17.0 Å². The van der Waals surface area contributed by atoms with Crippen LogP contribution in [0.1, 0.15) is 29.1 Å². The fourth-order valence-corrected chi connectivity index (χ4v) is 1.60. The van der Waals surface area contributed by atoms with Crippen molar-refractivity contribution in [1.29, 1.82) is 0 Å². The van der Waals surface area contributed by atoms with Gasteiger partial charge in [0, 0.05) is 5.56 Å². The number of carbonyl (C=O) groups is 1. The van der Waals surface area contributed by atoms with Gasteiger partial charge in [-0.25, -0.2) is 9.18 Å². The van der Waals surface area contributed by atoms with Crippen molar-refractivity contribution in [1.82, 2.24) is 5.16 Å². The largest absolute Gasteiger partial charge is 0.477 e. The molecule has 0 aliphatic rings. The molecule has 0 fully saturated rings. The van der Waals surface area contributed by atoms with E-state index in [1.165, 1.54) is 31.2 Å². The van der Waals surface area contributed by atoms with Crippen LogP contribution in [-0.2, 0) is 0 Å². The second kappa shape index (κ2) is 4.58. The van der Waals surface area contributed by atoms with Crippen LogP contribution in [0.3, 0.4) is 0 Å². The Hall–Kier alpha value is -2.21. The molecule has 0 bridgehead atoms. The third-order valence-corrected chi connectivity index (χ3v) is 2.43. The third-order valence-electron chi connectivity index (χ3n) is 2.43. The number of carboxylic acid groups (broad SMARTS) is 1. The first-order chi connectivity index (χ1) is 8.50. The molecule has 0 aliphatic carbocycles. The second-order valence-corrected chi connectivity index (χ2v) is 3.76. The van der Waals surface area contributed by atoms with Gasteiger partial charge in [-0.15, -0.1) is 0 Å². The molecule has 2 aromatic rings. The average molecular weight is 251 g/mol. The minimum atomic E-state index is -1.26. The summed E-state index contributed by atoms with van der Waals surface area (Å²) < 4.78 is 17.6. The van der Waals surface area contributed by atoms with E-state index in [2.05, 4.69) is 5.16 Å². The van der Waals surface area contributed by atoms with Gasteiger partial charge in [0.05, 0.1) is 0 Å². The van der Waals surface area contributed by atoms with Gasteiger partial charge in [-0.1, -0.05) is 5.16 Å². The SMILES string of the molecule is CC(O)c1onc(-c2ccc(F)cc2)c1C(=O)O. The van der Waals surface area contributed by atoms with Gasteiger partial charge in [0.25, 0.3) is 0 Å². The highest BCUT2D eigenvalue weighted by molar-refractivity contribution is 5.95. The molecule has 0 aliphatic heterocycles. The molecule has 2 rings (SSSR count). The van der Waals surface area contributed by atoms with E-state index in [0.717, 1.165) is 0 Å². The van der Waals surface area contributed by atoms with Crippen LogP contribution in [0.15, 0.2) is 28.8 Å². The van der Waals surface area contributed by atoms with Gasteiger partial charge < -0.3 is 14.7 Å². The number of aromatic nitrogens is 1. The number of carboxylic acids is 1. The average Bonchev–Trinajstić information content (AvgIpc) is 2.74. The van der Waals surface area contributed by atoms with E-state index < -0.39 is 17.9 Å². The van der Waals surface area contributed by atoms with E-state index in [9.17, 15) is 14.3 Å². The van der Waals surface area contributed by atoms with E-state index in [1.54, 1.807) is 0 Å². The lowest BCUT2D eigenvalue weighted by Crippen LogP contribution is -2.03. The lowest BCUT2D eigenvalue weighted by molar-refractivity contribution is 0.0685. The van der Waals surface area contributed by atoms with Gasteiger partial charge in [0.1, 0.15) is 23.2 Å². The van der Waals surface area contributed by atoms with E-state index in [4.69, 9.17) is 9.63 Å². The van der Waals surface area contributed by atoms with Crippen LogP contribution >= 0.6 is 0 Å². The third kappa shape index (κ3) is 2.10. The number of nitrogens with zero attached hydrogens (tertiary/aromatic N) is 1. The molecule has 1 unspecified atom stereocenters. The molecule has 0 spiro atoms. The number of benzene rings is 1. The molecule has 1 aromatic carbocycles. The van der Waals surface area contributed by atoms with Crippen molar-refractivity contribution in [3.05, 3.63) is 41.4 Å². The predicted octanol–water partition coefficient (Wildman–Crippen LogP) is 2.23. The molecule has 0 radical (unpaired) electrons. The highest BCUT2D eigenvalue weighted by atomic mass is 19.1. The molecule has 1 aromatic heterocycles. The Morgan fingerprint density at radius 3 is 2.50 bits per heavy atom. The summed E-state index contributed by atoms with van der Waals surface area (Å²) in [6, 6.07) is 5.17. The van der Waals surface area contributed by atoms with Crippen molar-refractivity contribution in [2.75, 3.05) is 0 Å². The smallest absolute Gasteiger partial charge is 0.341 e. The normalized spacial score (nSPS) is 12.4. The van der Waals surface area contributed by atoms with Gasteiger partial charge in [-0.3, -0.25) is 0 Å². The standard InChI is InChI=1S/C12H10FNO4/c1-6(15)11-9(12(16)17)10(14-18-11)7-2-4-8(13)5-3-7/h2-6,15H,1H3,(H,16,17). The Labute approximate surface area is 101 Å². The molecule has 5 nitrogen and oxygen atoms in total. The molecule has 2 N–H and O–H groups in total. The summed E-state index contributed by atoms with van der Waals surface area (Å²) >= 11 is 0. The van der Waals surface area contributed by atoms with Crippen molar-refractivity contribution < 1.29 is 23.9 Å². The minimum Gasteiger partial charge on any atom is -0.477 e. The van der Waals surface area contributed by atoms with Gasteiger partial charge >= 0.3 is 5.97 Å². The lowest BCUT2D eigenvalue weighted by Gasteiger charge is -2.01. The number of halogens is 1. The minimum absolute atomic E-state index is 0.0680. The number of hydrogen-bond acceptors (Lipinski definition) is 4. The predicted molar refractivity (Wildman–Crippen MR) is 59.5 cm³/mol. The van der Waals surface area contributed by atoms with Crippen molar-refractivity contribution >= 4 is 5.97 Å². The monoisotopic (exact) mass is 251 g/mol. The Bertz CT molecular complexity index is 574. The summed E-state index contributed by atoms with van der Waals surface area (Å²) in [6.45, 7) is 1.38. The summed E-state index contributed by atoms with van der Waals surface area (Å²) in [5.74, 6) is -1.82. The van der Waals surface area contributed by atoms with Crippen LogP contribution in [0.2, 0.25) is 0 Å². The van der Waals surface area contributed by atoms with Gasteiger partial charge in [-0.05, 0) is 31.2 Å². The van der Waals surface area contributed by atoms with Gasteiger partial charge in [0.15, 0.2) is 5.76 Å². The van der Waals surface area contributed by atoms with Crippen LogP contribution in [0.4, 0.5) is 4.39 Å². The maximum Gasteiger partial charge on any atom is 0.341 e. The molecule has 94 valence electrons. The zero-order valence-electron chi connectivity index (χ0n) is 9.42. The molecule has 0 saturated heterocycles. The topological polar surface area (TPSA) is 83.6 Å². The van der Waals surface area contributed by atoms with Crippen molar-refractivity contribution in [3.8, 4) is 11.3 Å². The zero-order valence-corrected chi connectivity index (χ0v) is 9.42. The lowest BCUT2D eigenvalue weighted by atomic mass is 10.0. The number of aliphatic hydroxyl groups is 1.